The van der Waals surface area contributed by atoms with Crippen molar-refractivity contribution >= 4 is 24.0 Å². The van der Waals surface area contributed by atoms with E-state index in [0.717, 1.165) is 22.3 Å². The average Bonchev–Trinajstić information content (AvgIpc) is 3.21. The second-order valence-corrected chi connectivity index (χ2v) is 15.2. The number of carbonyl (C=O) groups excluding carboxylic acids is 4. The van der Waals surface area contributed by atoms with Crippen molar-refractivity contribution in [1.82, 2.24) is 21.3 Å². The van der Waals surface area contributed by atoms with Gasteiger partial charge in [-0.05, 0) is 66.2 Å². The van der Waals surface area contributed by atoms with E-state index in [9.17, 15) is 24.3 Å². The lowest BCUT2D eigenvalue weighted by Gasteiger charge is -2.29. The Hall–Kier alpha value is -5.68. The highest BCUT2D eigenvalue weighted by molar-refractivity contribution is 5.86. The molecule has 0 unspecified atom stereocenters. The van der Waals surface area contributed by atoms with E-state index in [1.807, 2.05) is 149 Å². The Morgan fingerprint density at radius 2 is 1.00 bits per heavy atom. The standard InChI is InChI=1S/C46H58N4O7/c1-32(2)27-40(49-45(54)56-30-36-21-13-7-14-22-36)43(52)48-39(29-35-19-11-6-12-20-35)41(51)26-25-38(28-34-17-9-5-10-18-34)47-44(53)42(33(3)4)50-46(55)57-31-37-23-15-8-16-24-37/h5-24,32-33,38-42,51H,25-31H2,1-4H3,(H,47,53)(H,48,52)(H,49,54)(H,50,55)/t38-,39+,40+,41+,42+/m1/s1. The van der Waals surface area contributed by atoms with E-state index in [4.69, 9.17) is 9.47 Å². The van der Waals surface area contributed by atoms with Crippen LogP contribution in [0.15, 0.2) is 121 Å². The molecule has 57 heavy (non-hydrogen) atoms. The number of rotatable bonds is 21. The molecule has 0 radical (unpaired) electrons. The van der Waals surface area contributed by atoms with Crippen LogP contribution in [0.1, 0.15) is 69.2 Å². The van der Waals surface area contributed by atoms with Crippen LogP contribution in [0.2, 0.25) is 0 Å². The minimum Gasteiger partial charge on any atom is -0.445 e. The molecule has 304 valence electrons. The number of aliphatic hydroxyl groups is 1. The molecule has 0 saturated heterocycles. The van der Waals surface area contributed by atoms with E-state index in [1.54, 1.807) is 0 Å². The van der Waals surface area contributed by atoms with Crippen molar-refractivity contribution in [2.75, 3.05) is 0 Å². The van der Waals surface area contributed by atoms with Crippen LogP contribution in [0, 0.1) is 11.8 Å². The zero-order chi connectivity index (χ0) is 41.0. The molecule has 11 heteroatoms. The molecule has 5 atom stereocenters. The molecule has 0 fully saturated rings. The van der Waals surface area contributed by atoms with E-state index in [1.165, 1.54) is 0 Å². The molecule has 4 aromatic rings. The lowest BCUT2D eigenvalue weighted by atomic mass is 9.93. The lowest BCUT2D eigenvalue weighted by molar-refractivity contribution is -0.125. The Bertz CT molecular complexity index is 1790. The number of benzene rings is 4. The maximum absolute atomic E-state index is 13.9. The summed E-state index contributed by atoms with van der Waals surface area (Å²) in [6.45, 7) is 7.74. The third-order valence-electron chi connectivity index (χ3n) is 9.54. The van der Waals surface area contributed by atoms with Crippen LogP contribution in [0.4, 0.5) is 9.59 Å². The Kier molecular flexibility index (Phi) is 18.1. The van der Waals surface area contributed by atoms with Gasteiger partial charge in [0.25, 0.3) is 0 Å². The predicted octanol–water partition coefficient (Wildman–Crippen LogP) is 6.87. The summed E-state index contributed by atoms with van der Waals surface area (Å²) < 4.78 is 10.8. The highest BCUT2D eigenvalue weighted by atomic mass is 16.6. The van der Waals surface area contributed by atoms with Gasteiger partial charge in [0.1, 0.15) is 25.3 Å². The van der Waals surface area contributed by atoms with Gasteiger partial charge in [-0.1, -0.05) is 149 Å². The number of aliphatic hydroxyl groups excluding tert-OH is 1. The second kappa shape index (κ2) is 23.4. The molecular formula is C46H58N4O7. The topological polar surface area (TPSA) is 155 Å². The van der Waals surface area contributed by atoms with Crippen LogP contribution in [-0.2, 0) is 45.1 Å². The van der Waals surface area contributed by atoms with Crippen LogP contribution < -0.4 is 21.3 Å². The van der Waals surface area contributed by atoms with Gasteiger partial charge in [-0.2, -0.15) is 0 Å². The number of ether oxygens (including phenoxy) is 2. The summed E-state index contributed by atoms with van der Waals surface area (Å²) in [6, 6.07) is 34.9. The zero-order valence-electron chi connectivity index (χ0n) is 33.4. The number of hydrogen-bond donors (Lipinski definition) is 5. The van der Waals surface area contributed by atoms with Crippen molar-refractivity contribution in [3.8, 4) is 0 Å². The molecule has 0 heterocycles. The van der Waals surface area contributed by atoms with E-state index < -0.39 is 48.4 Å². The fraction of sp³-hybridized carbons (Fsp3) is 0.391. The SMILES string of the molecule is CC(C)C[C@H](NC(=O)OCc1ccccc1)C(=O)N[C@@H](Cc1ccccc1)[C@@H](O)CC[C@H](Cc1ccccc1)NC(=O)[C@@H](NC(=O)OCc1ccccc1)C(C)C. The van der Waals surface area contributed by atoms with Crippen LogP contribution in [0.5, 0.6) is 0 Å². The van der Waals surface area contributed by atoms with Crippen molar-refractivity contribution in [1.29, 1.82) is 0 Å². The molecule has 11 nitrogen and oxygen atoms in total. The molecule has 0 spiro atoms. The van der Waals surface area contributed by atoms with Gasteiger partial charge in [-0.3, -0.25) is 9.59 Å². The summed E-state index contributed by atoms with van der Waals surface area (Å²) in [5.41, 5.74) is 3.55. The van der Waals surface area contributed by atoms with Gasteiger partial charge in [0.05, 0.1) is 12.1 Å². The first-order valence-corrected chi connectivity index (χ1v) is 19.8. The van der Waals surface area contributed by atoms with Crippen LogP contribution in [-0.4, -0.2) is 59.4 Å². The number of hydrogen-bond acceptors (Lipinski definition) is 7. The van der Waals surface area contributed by atoms with Gasteiger partial charge in [-0.25, -0.2) is 9.59 Å². The molecule has 0 saturated carbocycles. The first kappa shape index (κ1) is 44.0. The van der Waals surface area contributed by atoms with Crippen molar-refractivity contribution in [3.05, 3.63) is 144 Å². The van der Waals surface area contributed by atoms with Crippen molar-refractivity contribution in [2.24, 2.45) is 11.8 Å². The van der Waals surface area contributed by atoms with Gasteiger partial charge < -0.3 is 35.8 Å². The second-order valence-electron chi connectivity index (χ2n) is 15.2. The summed E-state index contributed by atoms with van der Waals surface area (Å²) >= 11 is 0. The van der Waals surface area contributed by atoms with E-state index in [-0.39, 0.29) is 37.4 Å². The first-order valence-electron chi connectivity index (χ1n) is 19.8. The minimum absolute atomic E-state index is 0.0606. The molecule has 4 aromatic carbocycles. The average molecular weight is 779 g/mol. The first-order chi connectivity index (χ1) is 27.5. The maximum atomic E-state index is 13.9. The van der Waals surface area contributed by atoms with Gasteiger partial charge >= 0.3 is 12.2 Å². The Morgan fingerprint density at radius 3 is 1.47 bits per heavy atom. The molecular weight excluding hydrogens is 721 g/mol. The molecule has 0 aliphatic rings. The molecule has 0 bridgehead atoms. The smallest absolute Gasteiger partial charge is 0.408 e. The van der Waals surface area contributed by atoms with E-state index in [0.29, 0.717) is 25.7 Å². The highest BCUT2D eigenvalue weighted by Gasteiger charge is 2.30. The number of carbonyl (C=O) groups is 4. The number of amides is 4. The van der Waals surface area contributed by atoms with Crippen molar-refractivity contribution in [3.63, 3.8) is 0 Å². The van der Waals surface area contributed by atoms with Crippen LogP contribution in [0.25, 0.3) is 0 Å². The summed E-state index contributed by atoms with van der Waals surface area (Å²) in [5.74, 6) is -0.969. The summed E-state index contributed by atoms with van der Waals surface area (Å²) in [4.78, 5) is 53.3. The predicted molar refractivity (Wildman–Crippen MR) is 221 cm³/mol. The zero-order valence-corrected chi connectivity index (χ0v) is 33.4. The largest absolute Gasteiger partial charge is 0.445 e. The van der Waals surface area contributed by atoms with Crippen LogP contribution in [0.3, 0.4) is 0 Å². The molecule has 4 amide bonds. The summed E-state index contributed by atoms with van der Waals surface area (Å²) in [5, 5.41) is 23.4. The minimum atomic E-state index is -1.01. The molecule has 4 rings (SSSR count). The monoisotopic (exact) mass is 778 g/mol. The molecule has 0 aromatic heterocycles. The molecule has 0 aliphatic heterocycles. The summed E-state index contributed by atoms with van der Waals surface area (Å²) in [6.07, 6.45) is -0.654. The van der Waals surface area contributed by atoms with E-state index in [2.05, 4.69) is 21.3 Å². The quantitative estimate of drug-likeness (QED) is 0.0618. The van der Waals surface area contributed by atoms with Crippen LogP contribution >= 0.6 is 0 Å². The van der Waals surface area contributed by atoms with Gasteiger partial charge in [0.15, 0.2) is 0 Å². The fourth-order valence-electron chi connectivity index (χ4n) is 6.46. The Balaban J connectivity index is 1.45. The number of alkyl carbamates (subject to hydrolysis) is 2. The normalized spacial score (nSPS) is 13.7. The van der Waals surface area contributed by atoms with Crippen molar-refractivity contribution < 1.29 is 33.8 Å². The molecule has 5 N–H and O–H groups in total. The third kappa shape index (κ3) is 16.1. The van der Waals surface area contributed by atoms with E-state index >= 15 is 0 Å². The van der Waals surface area contributed by atoms with Crippen molar-refractivity contribution in [2.45, 2.75) is 103 Å². The fourth-order valence-corrected chi connectivity index (χ4v) is 6.46. The highest BCUT2D eigenvalue weighted by Crippen LogP contribution is 2.17. The maximum Gasteiger partial charge on any atom is 0.408 e. The van der Waals surface area contributed by atoms with Gasteiger partial charge in [-0.15, -0.1) is 0 Å². The number of nitrogens with one attached hydrogen (secondary N) is 4. The van der Waals surface area contributed by atoms with Gasteiger partial charge in [0, 0.05) is 6.04 Å². The Labute approximate surface area is 336 Å². The lowest BCUT2D eigenvalue weighted by Crippen LogP contribution is -2.54. The Morgan fingerprint density at radius 1 is 0.544 bits per heavy atom. The summed E-state index contributed by atoms with van der Waals surface area (Å²) in [7, 11) is 0. The van der Waals surface area contributed by atoms with Gasteiger partial charge in [0.2, 0.25) is 11.8 Å². The molecule has 0 aliphatic carbocycles. The third-order valence-corrected chi connectivity index (χ3v) is 9.54.